The number of aliphatic hydroxyl groups excluding tert-OH is 1. The summed E-state index contributed by atoms with van der Waals surface area (Å²) in [5.41, 5.74) is 0.805. The predicted molar refractivity (Wildman–Crippen MR) is 85.6 cm³/mol. The van der Waals surface area contributed by atoms with Gasteiger partial charge in [-0.1, -0.05) is 23.2 Å². The fraction of sp³-hybridized carbons (Fsp3) is 0.400. The Kier molecular flexibility index (Phi) is 6.06. The van der Waals surface area contributed by atoms with E-state index < -0.39 is 0 Å². The van der Waals surface area contributed by atoms with Crippen LogP contribution in [0.3, 0.4) is 0 Å². The monoisotopic (exact) mass is 328 g/mol. The van der Waals surface area contributed by atoms with Gasteiger partial charge in [0, 0.05) is 48.8 Å². The minimum atomic E-state index is -0.0188. The topological polar surface area (TPSA) is 43.8 Å². The molecule has 1 aliphatic heterocycles. The number of rotatable bonds is 4. The molecule has 0 radical (unpaired) electrons. The smallest absolute Gasteiger partial charge is 0.246 e. The molecule has 0 aromatic heterocycles. The highest BCUT2D eigenvalue weighted by Gasteiger charge is 2.18. The molecule has 1 saturated heterocycles. The van der Waals surface area contributed by atoms with E-state index in [1.807, 2.05) is 0 Å². The lowest BCUT2D eigenvalue weighted by Crippen LogP contribution is -2.48. The highest BCUT2D eigenvalue weighted by molar-refractivity contribution is 6.34. The van der Waals surface area contributed by atoms with E-state index in [-0.39, 0.29) is 12.5 Å². The molecule has 0 saturated carbocycles. The molecule has 0 atom stereocenters. The molecule has 0 unspecified atom stereocenters. The summed E-state index contributed by atoms with van der Waals surface area (Å²) in [5.74, 6) is -0.0188. The molecule has 0 aliphatic carbocycles. The Morgan fingerprint density at radius 1 is 1.14 bits per heavy atom. The molecule has 4 nitrogen and oxygen atoms in total. The molecule has 21 heavy (non-hydrogen) atoms. The maximum Gasteiger partial charge on any atom is 0.246 e. The van der Waals surface area contributed by atoms with E-state index in [0.717, 1.165) is 18.7 Å². The van der Waals surface area contributed by atoms with Crippen molar-refractivity contribution in [2.24, 2.45) is 0 Å². The zero-order chi connectivity index (χ0) is 15.2. The number of nitrogens with zero attached hydrogens (tertiary/aromatic N) is 2. The molecule has 0 bridgehead atoms. The summed E-state index contributed by atoms with van der Waals surface area (Å²) >= 11 is 11.8. The molecular weight excluding hydrogens is 311 g/mol. The van der Waals surface area contributed by atoms with Crippen LogP contribution >= 0.6 is 23.2 Å². The number of aliphatic hydroxyl groups is 1. The van der Waals surface area contributed by atoms with E-state index >= 15 is 0 Å². The number of halogens is 2. The normalized spacial score (nSPS) is 16.6. The predicted octanol–water partition coefficient (Wildman–Crippen LogP) is 2.14. The van der Waals surface area contributed by atoms with Gasteiger partial charge in [-0.05, 0) is 29.8 Å². The zero-order valence-electron chi connectivity index (χ0n) is 11.6. The van der Waals surface area contributed by atoms with Crippen molar-refractivity contribution in [1.82, 2.24) is 9.80 Å². The molecule has 1 heterocycles. The molecule has 1 N–H and O–H groups in total. The van der Waals surface area contributed by atoms with E-state index in [0.29, 0.717) is 29.7 Å². The van der Waals surface area contributed by atoms with E-state index in [2.05, 4.69) is 4.90 Å². The van der Waals surface area contributed by atoms with Gasteiger partial charge in [0.2, 0.25) is 5.91 Å². The maximum absolute atomic E-state index is 12.1. The average Bonchev–Trinajstić information content (AvgIpc) is 2.45. The van der Waals surface area contributed by atoms with Gasteiger partial charge >= 0.3 is 0 Å². The summed E-state index contributed by atoms with van der Waals surface area (Å²) in [6.07, 6.45) is 3.27. The van der Waals surface area contributed by atoms with E-state index in [1.54, 1.807) is 35.3 Å². The first-order chi connectivity index (χ1) is 10.1. The Balaban J connectivity index is 1.91. The standard InChI is InChI=1S/C15H18Cl2N2O2/c16-13-9-12(10-14(17)11-13)1-2-15(21)19-5-3-18(4-6-19)7-8-20/h1-2,9-11,20H,3-8H2/b2-1+. The Labute approximate surface area is 134 Å². The van der Waals surface area contributed by atoms with Gasteiger partial charge in [-0.25, -0.2) is 0 Å². The minimum absolute atomic E-state index is 0.0188. The van der Waals surface area contributed by atoms with Gasteiger partial charge in [-0.15, -0.1) is 0 Å². The van der Waals surface area contributed by atoms with Crippen molar-refractivity contribution in [3.63, 3.8) is 0 Å². The lowest BCUT2D eigenvalue weighted by Gasteiger charge is -2.33. The van der Waals surface area contributed by atoms with Crippen LogP contribution in [0.5, 0.6) is 0 Å². The van der Waals surface area contributed by atoms with E-state index in [9.17, 15) is 4.79 Å². The molecule has 1 aromatic carbocycles. The van der Waals surface area contributed by atoms with Crippen LogP contribution in [0.4, 0.5) is 0 Å². The van der Waals surface area contributed by atoms with Gasteiger partial charge in [0.15, 0.2) is 0 Å². The maximum atomic E-state index is 12.1. The summed E-state index contributed by atoms with van der Waals surface area (Å²) in [5, 5.41) is 9.99. The number of carbonyl (C=O) groups is 1. The molecule has 1 amide bonds. The van der Waals surface area contributed by atoms with Gasteiger partial charge in [0.25, 0.3) is 0 Å². The highest BCUT2D eigenvalue weighted by atomic mass is 35.5. The van der Waals surface area contributed by atoms with Gasteiger partial charge in [-0.3, -0.25) is 9.69 Å². The van der Waals surface area contributed by atoms with Crippen molar-refractivity contribution in [1.29, 1.82) is 0 Å². The Morgan fingerprint density at radius 3 is 2.33 bits per heavy atom. The van der Waals surface area contributed by atoms with Crippen molar-refractivity contribution in [2.75, 3.05) is 39.3 Å². The highest BCUT2D eigenvalue weighted by Crippen LogP contribution is 2.20. The molecular formula is C15H18Cl2N2O2. The third-order valence-corrected chi connectivity index (χ3v) is 3.84. The summed E-state index contributed by atoms with van der Waals surface area (Å²) in [7, 11) is 0. The van der Waals surface area contributed by atoms with Crippen LogP contribution in [-0.4, -0.2) is 60.1 Å². The van der Waals surface area contributed by atoms with Gasteiger partial charge < -0.3 is 10.0 Å². The third-order valence-electron chi connectivity index (χ3n) is 3.40. The summed E-state index contributed by atoms with van der Waals surface area (Å²) in [6, 6.07) is 5.18. The number of hydrogen-bond acceptors (Lipinski definition) is 3. The lowest BCUT2D eigenvalue weighted by atomic mass is 10.2. The van der Waals surface area contributed by atoms with Gasteiger partial charge in [0.1, 0.15) is 0 Å². The number of piperazine rings is 1. The average molecular weight is 329 g/mol. The van der Waals surface area contributed by atoms with Crippen molar-refractivity contribution in [3.05, 3.63) is 39.9 Å². The number of β-amino-alcohol motifs (C(OH)–C–C–N with tert-alkyl or cyclic N) is 1. The van der Waals surface area contributed by atoms with E-state index in [1.165, 1.54) is 0 Å². The first-order valence-electron chi connectivity index (χ1n) is 6.85. The molecule has 1 aromatic rings. The molecule has 0 spiro atoms. The summed E-state index contributed by atoms with van der Waals surface area (Å²) in [4.78, 5) is 16.1. The summed E-state index contributed by atoms with van der Waals surface area (Å²) < 4.78 is 0. The molecule has 6 heteroatoms. The Hall–Kier alpha value is -1.07. The van der Waals surface area contributed by atoms with Gasteiger partial charge in [0.05, 0.1) is 6.61 Å². The van der Waals surface area contributed by atoms with Gasteiger partial charge in [-0.2, -0.15) is 0 Å². The van der Waals surface area contributed by atoms with Crippen molar-refractivity contribution in [3.8, 4) is 0 Å². The van der Waals surface area contributed by atoms with Crippen LogP contribution in [-0.2, 0) is 4.79 Å². The number of amides is 1. The first kappa shape index (κ1) is 16.3. The van der Waals surface area contributed by atoms with Crippen LogP contribution in [0, 0.1) is 0 Å². The van der Waals surface area contributed by atoms with Crippen molar-refractivity contribution in [2.45, 2.75) is 0 Å². The number of benzene rings is 1. The SMILES string of the molecule is O=C(/C=C/c1cc(Cl)cc(Cl)c1)N1CCN(CCO)CC1. The summed E-state index contributed by atoms with van der Waals surface area (Å²) in [6.45, 7) is 3.77. The number of carbonyl (C=O) groups excluding carboxylic acids is 1. The Morgan fingerprint density at radius 2 is 1.76 bits per heavy atom. The van der Waals surface area contributed by atoms with Crippen molar-refractivity contribution < 1.29 is 9.90 Å². The second kappa shape index (κ2) is 7.80. The largest absolute Gasteiger partial charge is 0.395 e. The third kappa shape index (κ3) is 5.00. The van der Waals surface area contributed by atoms with Crippen LogP contribution < -0.4 is 0 Å². The van der Waals surface area contributed by atoms with Crippen LogP contribution in [0.1, 0.15) is 5.56 Å². The van der Waals surface area contributed by atoms with Crippen molar-refractivity contribution >= 4 is 35.2 Å². The fourth-order valence-corrected chi connectivity index (χ4v) is 2.82. The van der Waals surface area contributed by atoms with E-state index in [4.69, 9.17) is 28.3 Å². The van der Waals surface area contributed by atoms with Crippen LogP contribution in [0.25, 0.3) is 6.08 Å². The second-order valence-electron chi connectivity index (χ2n) is 4.93. The fourth-order valence-electron chi connectivity index (χ4n) is 2.28. The molecule has 2 rings (SSSR count). The Bertz CT molecular complexity index is 506. The molecule has 1 aliphatic rings. The van der Waals surface area contributed by atoms with Crippen LogP contribution in [0.2, 0.25) is 10.0 Å². The second-order valence-corrected chi connectivity index (χ2v) is 5.80. The zero-order valence-corrected chi connectivity index (χ0v) is 13.1. The molecule has 1 fully saturated rings. The quantitative estimate of drug-likeness (QED) is 0.861. The number of hydrogen-bond donors (Lipinski definition) is 1. The molecule has 114 valence electrons. The first-order valence-corrected chi connectivity index (χ1v) is 7.60. The minimum Gasteiger partial charge on any atom is -0.395 e. The van der Waals surface area contributed by atoms with Crippen LogP contribution in [0.15, 0.2) is 24.3 Å². The lowest BCUT2D eigenvalue weighted by molar-refractivity contribution is -0.127.